The van der Waals surface area contributed by atoms with E-state index in [-0.39, 0.29) is 6.61 Å². The molecular formula is C6H12N2O. The van der Waals surface area contributed by atoms with Crippen LogP contribution < -0.4 is 5.32 Å². The van der Waals surface area contributed by atoms with Gasteiger partial charge in [-0.1, -0.05) is 0 Å². The molecule has 0 saturated heterocycles. The predicted molar refractivity (Wildman–Crippen MR) is 38.4 cm³/mol. The summed E-state index contributed by atoms with van der Waals surface area (Å²) in [6.45, 7) is 1.83. The van der Waals surface area contributed by atoms with Crippen LogP contribution in [0.15, 0.2) is 16.9 Å². The van der Waals surface area contributed by atoms with Gasteiger partial charge in [0.15, 0.2) is 0 Å². The third-order valence-electron chi connectivity index (χ3n) is 0.871. The summed E-state index contributed by atoms with van der Waals surface area (Å²) in [6, 6.07) is 0. The van der Waals surface area contributed by atoms with E-state index in [1.807, 2.05) is 6.92 Å². The smallest absolute Gasteiger partial charge is 0.0843 e. The van der Waals surface area contributed by atoms with Gasteiger partial charge in [0.25, 0.3) is 0 Å². The third kappa shape index (κ3) is 3.73. The summed E-state index contributed by atoms with van der Waals surface area (Å²) in [7, 11) is 1.74. The number of nitrogens with zero attached hydrogens (tertiary/aromatic N) is 1. The molecule has 0 spiro atoms. The molecular weight excluding hydrogens is 116 g/mol. The molecule has 0 bridgehead atoms. The fraction of sp³-hybridized carbons (Fsp3) is 0.500. The monoisotopic (exact) mass is 128 g/mol. The number of aliphatic hydroxyl groups excluding tert-OH is 1. The first kappa shape index (κ1) is 8.17. The molecule has 52 valence electrons. The van der Waals surface area contributed by atoms with Gasteiger partial charge in [-0.25, -0.2) is 0 Å². The molecule has 0 amide bonds. The van der Waals surface area contributed by atoms with Crippen LogP contribution in [0.5, 0.6) is 0 Å². The standard InChI is InChI=1S/C6H12N2O/c1-3-8-4-6(5-9)7-2/h3-4,7,9H,5H2,1-2H3/b6-4-,8-3-. The number of likely N-dealkylation sites (N-methyl/N-ethyl adjacent to an activating group) is 1. The van der Waals surface area contributed by atoms with Crippen molar-refractivity contribution in [2.75, 3.05) is 13.7 Å². The highest BCUT2D eigenvalue weighted by Gasteiger charge is 1.84. The molecule has 0 fully saturated rings. The van der Waals surface area contributed by atoms with E-state index >= 15 is 0 Å². The quantitative estimate of drug-likeness (QED) is 0.531. The maximum Gasteiger partial charge on any atom is 0.0843 e. The molecule has 0 aromatic rings. The number of aliphatic imine (C=N–C) groups is 1. The molecule has 0 aliphatic heterocycles. The lowest BCUT2D eigenvalue weighted by molar-refractivity contribution is 0.323. The summed E-state index contributed by atoms with van der Waals surface area (Å²) in [4.78, 5) is 3.80. The van der Waals surface area contributed by atoms with E-state index in [2.05, 4.69) is 10.3 Å². The van der Waals surface area contributed by atoms with Crippen LogP contribution in [0, 0.1) is 0 Å². The second-order valence-corrected chi connectivity index (χ2v) is 1.47. The Morgan fingerprint density at radius 3 is 2.78 bits per heavy atom. The summed E-state index contributed by atoms with van der Waals surface area (Å²) in [5, 5.41) is 11.3. The van der Waals surface area contributed by atoms with Crippen LogP contribution in [0.3, 0.4) is 0 Å². The fourth-order valence-electron chi connectivity index (χ4n) is 0.349. The maximum absolute atomic E-state index is 8.55. The van der Waals surface area contributed by atoms with Gasteiger partial charge in [-0.3, -0.25) is 4.99 Å². The van der Waals surface area contributed by atoms with Crippen LogP contribution in [0.25, 0.3) is 0 Å². The normalized spacial score (nSPS) is 12.6. The second-order valence-electron chi connectivity index (χ2n) is 1.47. The Bertz CT molecular complexity index is 112. The zero-order valence-corrected chi connectivity index (χ0v) is 5.76. The average molecular weight is 128 g/mol. The van der Waals surface area contributed by atoms with Crippen LogP contribution in [0.2, 0.25) is 0 Å². The lowest BCUT2D eigenvalue weighted by Crippen LogP contribution is -2.08. The molecule has 0 heterocycles. The van der Waals surface area contributed by atoms with E-state index in [1.165, 1.54) is 0 Å². The molecule has 0 aromatic heterocycles. The first-order valence-electron chi connectivity index (χ1n) is 2.80. The number of nitrogens with one attached hydrogen (secondary N) is 1. The Labute approximate surface area is 55.1 Å². The molecule has 0 saturated carbocycles. The SMILES string of the molecule is C/C=N\C=C(\CO)NC. The predicted octanol–water partition coefficient (Wildman–Crippen LogP) is 0.130. The Morgan fingerprint density at radius 2 is 2.44 bits per heavy atom. The largest absolute Gasteiger partial charge is 0.390 e. The van der Waals surface area contributed by atoms with Crippen molar-refractivity contribution in [3.05, 3.63) is 11.9 Å². The minimum Gasteiger partial charge on any atom is -0.390 e. The van der Waals surface area contributed by atoms with Gasteiger partial charge in [0.05, 0.1) is 12.3 Å². The van der Waals surface area contributed by atoms with Crippen molar-refractivity contribution in [3.8, 4) is 0 Å². The van der Waals surface area contributed by atoms with Gasteiger partial charge < -0.3 is 10.4 Å². The van der Waals surface area contributed by atoms with Crippen LogP contribution in [-0.2, 0) is 0 Å². The van der Waals surface area contributed by atoms with E-state index in [1.54, 1.807) is 19.5 Å². The summed E-state index contributed by atoms with van der Waals surface area (Å²) >= 11 is 0. The molecule has 0 atom stereocenters. The molecule has 0 aromatic carbocycles. The van der Waals surface area contributed by atoms with Crippen LogP contribution in [0.1, 0.15) is 6.92 Å². The number of aliphatic hydroxyl groups is 1. The summed E-state index contributed by atoms with van der Waals surface area (Å²) in [5.41, 5.74) is 0.716. The van der Waals surface area contributed by atoms with Gasteiger partial charge >= 0.3 is 0 Å². The highest BCUT2D eigenvalue weighted by atomic mass is 16.3. The van der Waals surface area contributed by atoms with Gasteiger partial charge in [-0.15, -0.1) is 0 Å². The van der Waals surface area contributed by atoms with E-state index in [9.17, 15) is 0 Å². The fourth-order valence-corrected chi connectivity index (χ4v) is 0.349. The number of rotatable bonds is 3. The molecule has 0 aliphatic carbocycles. The molecule has 0 unspecified atom stereocenters. The number of hydrogen-bond donors (Lipinski definition) is 2. The van der Waals surface area contributed by atoms with E-state index in [4.69, 9.17) is 5.11 Å². The van der Waals surface area contributed by atoms with Gasteiger partial charge in [-0.05, 0) is 6.92 Å². The van der Waals surface area contributed by atoms with Crippen molar-refractivity contribution in [1.29, 1.82) is 0 Å². The summed E-state index contributed by atoms with van der Waals surface area (Å²) in [6.07, 6.45) is 3.24. The Morgan fingerprint density at radius 1 is 1.78 bits per heavy atom. The summed E-state index contributed by atoms with van der Waals surface area (Å²) < 4.78 is 0. The van der Waals surface area contributed by atoms with Crippen molar-refractivity contribution in [3.63, 3.8) is 0 Å². The third-order valence-corrected chi connectivity index (χ3v) is 0.871. The minimum atomic E-state index is 0.00778. The number of hydrogen-bond acceptors (Lipinski definition) is 3. The molecule has 0 aliphatic rings. The van der Waals surface area contributed by atoms with Crippen molar-refractivity contribution in [1.82, 2.24) is 5.32 Å². The van der Waals surface area contributed by atoms with Gasteiger partial charge in [-0.2, -0.15) is 0 Å². The Balaban J connectivity index is 3.75. The topological polar surface area (TPSA) is 44.6 Å². The molecule has 0 radical (unpaired) electrons. The van der Waals surface area contributed by atoms with Gasteiger partial charge in [0.1, 0.15) is 0 Å². The minimum absolute atomic E-state index is 0.00778. The lowest BCUT2D eigenvalue weighted by atomic mass is 10.5. The first-order valence-corrected chi connectivity index (χ1v) is 2.80. The molecule has 3 nitrogen and oxygen atoms in total. The van der Waals surface area contributed by atoms with E-state index in [0.717, 1.165) is 0 Å². The van der Waals surface area contributed by atoms with Crippen molar-refractivity contribution in [2.45, 2.75) is 6.92 Å². The van der Waals surface area contributed by atoms with E-state index < -0.39 is 0 Å². The van der Waals surface area contributed by atoms with Gasteiger partial charge in [0, 0.05) is 19.5 Å². The van der Waals surface area contributed by atoms with Crippen LogP contribution in [0.4, 0.5) is 0 Å². The molecule has 3 heteroatoms. The Hall–Kier alpha value is -0.830. The second kappa shape index (κ2) is 5.31. The molecule has 9 heavy (non-hydrogen) atoms. The summed E-state index contributed by atoms with van der Waals surface area (Å²) in [5.74, 6) is 0. The average Bonchev–Trinajstić information content (AvgIpc) is 1.91. The maximum atomic E-state index is 8.55. The van der Waals surface area contributed by atoms with Crippen molar-refractivity contribution < 1.29 is 5.11 Å². The highest BCUT2D eigenvalue weighted by Crippen LogP contribution is 1.83. The zero-order valence-electron chi connectivity index (χ0n) is 5.76. The highest BCUT2D eigenvalue weighted by molar-refractivity contribution is 5.54. The zero-order chi connectivity index (χ0) is 7.11. The lowest BCUT2D eigenvalue weighted by Gasteiger charge is -1.97. The molecule has 0 rings (SSSR count). The Kier molecular flexibility index (Phi) is 4.82. The van der Waals surface area contributed by atoms with Crippen LogP contribution in [-0.4, -0.2) is 25.0 Å². The van der Waals surface area contributed by atoms with Crippen LogP contribution >= 0.6 is 0 Å². The van der Waals surface area contributed by atoms with Crippen molar-refractivity contribution in [2.24, 2.45) is 4.99 Å². The molecule has 2 N–H and O–H groups in total. The van der Waals surface area contributed by atoms with E-state index in [0.29, 0.717) is 5.70 Å². The first-order chi connectivity index (χ1) is 4.35. The van der Waals surface area contributed by atoms with Gasteiger partial charge in [0.2, 0.25) is 0 Å². The van der Waals surface area contributed by atoms with Crippen molar-refractivity contribution >= 4 is 6.21 Å².